The normalized spacial score (nSPS) is 14.1. The Kier molecular flexibility index (Phi) is 4.60. The van der Waals surface area contributed by atoms with Crippen LogP contribution in [0.2, 0.25) is 0 Å². The van der Waals surface area contributed by atoms with E-state index >= 15 is 0 Å². The van der Waals surface area contributed by atoms with Crippen LogP contribution in [0.3, 0.4) is 0 Å². The van der Waals surface area contributed by atoms with E-state index in [1.54, 1.807) is 7.11 Å². The molecule has 0 spiro atoms. The summed E-state index contributed by atoms with van der Waals surface area (Å²) in [6.07, 6.45) is 0. The van der Waals surface area contributed by atoms with Crippen LogP contribution in [0.25, 0.3) is 0 Å². The van der Waals surface area contributed by atoms with Gasteiger partial charge in [-0.15, -0.1) is 0 Å². The molecule has 2 nitrogen and oxygen atoms in total. The number of methoxy groups -OCH3 is 1. The van der Waals surface area contributed by atoms with Gasteiger partial charge in [-0.05, 0) is 0 Å². The van der Waals surface area contributed by atoms with Gasteiger partial charge in [-0.25, -0.2) is 0 Å². The van der Waals surface area contributed by atoms with Crippen LogP contribution in [0.15, 0.2) is 0 Å². The van der Waals surface area contributed by atoms with Crippen LogP contribution in [0.1, 0.15) is 0 Å². The highest BCUT2D eigenvalue weighted by atomic mass is 32.1. The van der Waals surface area contributed by atoms with Gasteiger partial charge in [-0.2, -0.15) is 12.6 Å². The number of nitrogens with two attached hydrogens (primary N) is 1. The smallest absolute Gasteiger partial charge is 0.0621 e. The summed E-state index contributed by atoms with van der Waals surface area (Å²) in [4.78, 5) is 0. The molecule has 0 aromatic heterocycles. The van der Waals surface area contributed by atoms with Crippen LogP contribution in [0.4, 0.5) is 0 Å². The fourth-order valence-corrected chi connectivity index (χ4v) is 0.372. The van der Waals surface area contributed by atoms with Crippen molar-refractivity contribution in [2.45, 2.75) is 6.04 Å². The van der Waals surface area contributed by atoms with Gasteiger partial charge in [0, 0.05) is 18.9 Å². The first-order valence-corrected chi connectivity index (χ1v) is 2.80. The summed E-state index contributed by atoms with van der Waals surface area (Å²) in [7, 11) is 1.63. The molecule has 0 aliphatic carbocycles. The summed E-state index contributed by atoms with van der Waals surface area (Å²) in [5.74, 6) is 0.688. The molecule has 0 heterocycles. The van der Waals surface area contributed by atoms with Crippen molar-refractivity contribution in [1.82, 2.24) is 0 Å². The fraction of sp³-hybridized carbons (Fsp3) is 1.00. The van der Waals surface area contributed by atoms with Crippen LogP contribution < -0.4 is 5.73 Å². The Bertz CT molecular complexity index is 42.7. The highest BCUT2D eigenvalue weighted by Gasteiger charge is 1.93. The number of ether oxygens (including phenoxy) is 1. The first-order chi connectivity index (χ1) is 3.31. The van der Waals surface area contributed by atoms with E-state index in [0.717, 1.165) is 0 Å². The maximum atomic E-state index is 5.38. The molecule has 0 saturated heterocycles. The van der Waals surface area contributed by atoms with Crippen LogP contribution in [-0.4, -0.2) is 25.5 Å². The third kappa shape index (κ3) is 4.12. The summed E-state index contributed by atoms with van der Waals surface area (Å²) in [6.45, 7) is 0.601. The molecule has 44 valence electrons. The Morgan fingerprint density at radius 3 is 2.57 bits per heavy atom. The van der Waals surface area contributed by atoms with Crippen molar-refractivity contribution < 1.29 is 4.74 Å². The Hall–Kier alpha value is 0.270. The third-order valence-electron chi connectivity index (χ3n) is 0.615. The lowest BCUT2D eigenvalue weighted by molar-refractivity contribution is 0.186. The highest BCUT2D eigenvalue weighted by molar-refractivity contribution is 7.80. The summed E-state index contributed by atoms with van der Waals surface area (Å²) < 4.78 is 4.72. The van der Waals surface area contributed by atoms with Crippen molar-refractivity contribution in [2.24, 2.45) is 5.73 Å². The topological polar surface area (TPSA) is 35.2 Å². The van der Waals surface area contributed by atoms with Gasteiger partial charge in [0.25, 0.3) is 0 Å². The van der Waals surface area contributed by atoms with E-state index in [4.69, 9.17) is 10.5 Å². The largest absolute Gasteiger partial charge is 0.383 e. The van der Waals surface area contributed by atoms with Gasteiger partial charge < -0.3 is 10.5 Å². The summed E-state index contributed by atoms with van der Waals surface area (Å²) in [5.41, 5.74) is 5.38. The van der Waals surface area contributed by atoms with Gasteiger partial charge in [-0.1, -0.05) is 0 Å². The Balaban J connectivity index is 2.83. The molecule has 0 radical (unpaired) electrons. The molecule has 1 unspecified atom stereocenters. The molecule has 0 saturated carbocycles. The molecular formula is C4H11NOS. The Labute approximate surface area is 49.4 Å². The molecular weight excluding hydrogens is 110 g/mol. The second kappa shape index (κ2) is 4.43. The monoisotopic (exact) mass is 121 g/mol. The van der Waals surface area contributed by atoms with Gasteiger partial charge in [0.1, 0.15) is 0 Å². The first-order valence-electron chi connectivity index (χ1n) is 2.16. The van der Waals surface area contributed by atoms with Crippen LogP contribution in [0, 0.1) is 0 Å². The number of hydrogen-bond acceptors (Lipinski definition) is 3. The average molecular weight is 121 g/mol. The number of thiol groups is 1. The minimum absolute atomic E-state index is 0.0910. The maximum Gasteiger partial charge on any atom is 0.0621 e. The number of rotatable bonds is 3. The zero-order valence-corrected chi connectivity index (χ0v) is 5.32. The maximum absolute atomic E-state index is 5.38. The zero-order chi connectivity index (χ0) is 5.70. The first kappa shape index (κ1) is 7.27. The molecule has 2 N–H and O–H groups in total. The molecule has 0 aromatic carbocycles. The Morgan fingerprint density at radius 1 is 1.86 bits per heavy atom. The molecule has 0 aliphatic rings. The van der Waals surface area contributed by atoms with E-state index < -0.39 is 0 Å². The average Bonchev–Trinajstić information content (AvgIpc) is 1.68. The van der Waals surface area contributed by atoms with Crippen LogP contribution in [0.5, 0.6) is 0 Å². The molecule has 0 aliphatic heterocycles. The SMILES string of the molecule is COCC(N)CS. The molecule has 3 heteroatoms. The molecule has 0 bridgehead atoms. The molecule has 0 aromatic rings. The quantitative estimate of drug-likeness (QED) is 0.511. The van der Waals surface area contributed by atoms with Gasteiger partial charge >= 0.3 is 0 Å². The Morgan fingerprint density at radius 2 is 2.43 bits per heavy atom. The van der Waals surface area contributed by atoms with Crippen molar-refractivity contribution in [3.8, 4) is 0 Å². The van der Waals surface area contributed by atoms with E-state index in [1.807, 2.05) is 0 Å². The highest BCUT2D eigenvalue weighted by Crippen LogP contribution is 1.81. The molecule has 0 rings (SSSR count). The minimum Gasteiger partial charge on any atom is -0.383 e. The molecule has 7 heavy (non-hydrogen) atoms. The second-order valence-electron chi connectivity index (χ2n) is 1.40. The van der Waals surface area contributed by atoms with Crippen molar-refractivity contribution in [1.29, 1.82) is 0 Å². The summed E-state index contributed by atoms with van der Waals surface area (Å²) >= 11 is 3.94. The summed E-state index contributed by atoms with van der Waals surface area (Å²) in [6, 6.07) is 0.0910. The van der Waals surface area contributed by atoms with Crippen molar-refractivity contribution in [2.75, 3.05) is 19.5 Å². The van der Waals surface area contributed by atoms with E-state index in [-0.39, 0.29) is 6.04 Å². The lowest BCUT2D eigenvalue weighted by atomic mass is 10.4. The fourth-order valence-electron chi connectivity index (χ4n) is 0.267. The molecule has 0 fully saturated rings. The standard InChI is InChI=1S/C4H11NOS/c1-6-2-4(5)3-7/h4,7H,2-3,5H2,1H3. The van der Waals surface area contributed by atoms with Crippen molar-refractivity contribution in [3.05, 3.63) is 0 Å². The lowest BCUT2D eigenvalue weighted by Gasteiger charge is -2.03. The van der Waals surface area contributed by atoms with E-state index in [0.29, 0.717) is 12.4 Å². The predicted molar refractivity (Wildman–Crippen MR) is 33.7 cm³/mol. The van der Waals surface area contributed by atoms with E-state index in [9.17, 15) is 0 Å². The van der Waals surface area contributed by atoms with E-state index in [1.165, 1.54) is 0 Å². The van der Waals surface area contributed by atoms with Gasteiger partial charge in [-0.3, -0.25) is 0 Å². The van der Waals surface area contributed by atoms with Gasteiger partial charge in [0.05, 0.1) is 6.61 Å². The molecule has 1 atom stereocenters. The van der Waals surface area contributed by atoms with Gasteiger partial charge in [0.15, 0.2) is 0 Å². The third-order valence-corrected chi connectivity index (χ3v) is 1.08. The molecule has 0 amide bonds. The number of hydrogen-bond donors (Lipinski definition) is 2. The van der Waals surface area contributed by atoms with Crippen molar-refractivity contribution >= 4 is 12.6 Å². The van der Waals surface area contributed by atoms with Crippen LogP contribution >= 0.6 is 12.6 Å². The predicted octanol–water partition coefficient (Wildman–Crippen LogP) is -0.110. The lowest BCUT2D eigenvalue weighted by Crippen LogP contribution is -2.26. The van der Waals surface area contributed by atoms with Gasteiger partial charge in [0.2, 0.25) is 0 Å². The zero-order valence-electron chi connectivity index (χ0n) is 4.42. The van der Waals surface area contributed by atoms with Crippen molar-refractivity contribution in [3.63, 3.8) is 0 Å². The minimum atomic E-state index is 0.0910. The van der Waals surface area contributed by atoms with Crippen LogP contribution in [-0.2, 0) is 4.74 Å². The van der Waals surface area contributed by atoms with E-state index in [2.05, 4.69) is 12.6 Å². The summed E-state index contributed by atoms with van der Waals surface area (Å²) in [5, 5.41) is 0. The second-order valence-corrected chi connectivity index (χ2v) is 1.76.